The molecule has 1 rings (SSSR count). The zero-order valence-electron chi connectivity index (χ0n) is 8.43. The molecule has 0 heterocycles. The van der Waals surface area contributed by atoms with Crippen molar-refractivity contribution >= 4 is 34.0 Å². The van der Waals surface area contributed by atoms with Crippen molar-refractivity contribution in [2.75, 3.05) is 6.54 Å². The van der Waals surface area contributed by atoms with Crippen LogP contribution in [0.25, 0.3) is 0 Å². The minimum atomic E-state index is -0.442. The van der Waals surface area contributed by atoms with Crippen LogP contribution in [-0.2, 0) is 0 Å². The van der Waals surface area contributed by atoms with Crippen LogP contribution in [0.5, 0.6) is 0 Å². The zero-order valence-corrected chi connectivity index (χ0v) is 10.8. The van der Waals surface area contributed by atoms with Gasteiger partial charge in [-0.25, -0.2) is 0 Å². The van der Waals surface area contributed by atoms with E-state index in [9.17, 15) is 10.1 Å². The Kier molecular flexibility index (Phi) is 6.51. The second-order valence-electron chi connectivity index (χ2n) is 3.15. The van der Waals surface area contributed by atoms with Crippen molar-refractivity contribution in [3.63, 3.8) is 0 Å². The summed E-state index contributed by atoms with van der Waals surface area (Å²) in [6, 6.07) is 4.62. The monoisotopic (exact) mass is 309 g/mol. The lowest BCUT2D eigenvalue weighted by Gasteiger charge is -2.10. The highest BCUT2D eigenvalue weighted by molar-refractivity contribution is 9.10. The van der Waals surface area contributed by atoms with Gasteiger partial charge in [-0.05, 0) is 40.5 Å². The van der Waals surface area contributed by atoms with Crippen molar-refractivity contribution in [1.29, 1.82) is 0 Å². The van der Waals surface area contributed by atoms with Crippen LogP contribution in [0.3, 0.4) is 0 Å². The molecule has 0 saturated heterocycles. The molecular formula is C9H13BrClN3O2. The Balaban J connectivity index is 0.00000225. The molecule has 1 aromatic rings. The highest BCUT2D eigenvalue weighted by Crippen LogP contribution is 2.28. The number of hydrogen-bond donors (Lipinski definition) is 2. The van der Waals surface area contributed by atoms with Crippen LogP contribution < -0.4 is 11.5 Å². The highest BCUT2D eigenvalue weighted by atomic mass is 79.9. The van der Waals surface area contributed by atoms with Gasteiger partial charge in [0.2, 0.25) is 0 Å². The van der Waals surface area contributed by atoms with Crippen molar-refractivity contribution < 1.29 is 4.92 Å². The molecule has 1 atom stereocenters. The van der Waals surface area contributed by atoms with E-state index in [4.69, 9.17) is 11.5 Å². The predicted octanol–water partition coefficient (Wildman–Crippen LogP) is 2.13. The maximum absolute atomic E-state index is 10.7. The summed E-state index contributed by atoms with van der Waals surface area (Å²) in [4.78, 5) is 10.2. The Labute approximate surface area is 108 Å². The first-order chi connectivity index (χ1) is 7.06. The third-order valence-corrected chi connectivity index (χ3v) is 2.74. The Hall–Kier alpha value is -0.690. The van der Waals surface area contributed by atoms with Crippen molar-refractivity contribution in [1.82, 2.24) is 0 Å². The summed E-state index contributed by atoms with van der Waals surface area (Å²) >= 11 is 3.11. The molecule has 4 N–H and O–H groups in total. The summed E-state index contributed by atoms with van der Waals surface area (Å²) in [5.74, 6) is 0. The first-order valence-electron chi connectivity index (χ1n) is 4.45. The number of hydrogen-bond acceptors (Lipinski definition) is 4. The molecule has 0 amide bonds. The molecule has 16 heavy (non-hydrogen) atoms. The molecule has 0 bridgehead atoms. The van der Waals surface area contributed by atoms with Gasteiger partial charge in [0.15, 0.2) is 0 Å². The van der Waals surface area contributed by atoms with Gasteiger partial charge >= 0.3 is 0 Å². The van der Waals surface area contributed by atoms with E-state index < -0.39 is 4.92 Å². The van der Waals surface area contributed by atoms with Crippen molar-refractivity contribution in [2.45, 2.75) is 12.5 Å². The van der Waals surface area contributed by atoms with Crippen molar-refractivity contribution in [2.24, 2.45) is 11.5 Å². The maximum Gasteiger partial charge on any atom is 0.283 e. The quantitative estimate of drug-likeness (QED) is 0.658. The summed E-state index contributed by atoms with van der Waals surface area (Å²) in [5, 5.41) is 10.7. The summed E-state index contributed by atoms with van der Waals surface area (Å²) in [6.45, 7) is 0.463. The molecule has 5 nitrogen and oxygen atoms in total. The molecule has 0 aliphatic rings. The lowest BCUT2D eigenvalue weighted by atomic mass is 10.0. The second kappa shape index (κ2) is 6.80. The lowest BCUT2D eigenvalue weighted by Crippen LogP contribution is -2.15. The van der Waals surface area contributed by atoms with Gasteiger partial charge in [0.1, 0.15) is 0 Å². The first-order valence-corrected chi connectivity index (χ1v) is 5.25. The Morgan fingerprint density at radius 1 is 1.50 bits per heavy atom. The Morgan fingerprint density at radius 2 is 2.12 bits per heavy atom. The zero-order chi connectivity index (χ0) is 11.4. The van der Waals surface area contributed by atoms with Gasteiger partial charge in [-0.1, -0.05) is 6.07 Å². The van der Waals surface area contributed by atoms with Gasteiger partial charge < -0.3 is 11.5 Å². The smallest absolute Gasteiger partial charge is 0.283 e. The Morgan fingerprint density at radius 3 is 2.62 bits per heavy atom. The number of nitrogens with zero attached hydrogens (tertiary/aromatic N) is 1. The minimum absolute atomic E-state index is 0. The summed E-state index contributed by atoms with van der Waals surface area (Å²) in [7, 11) is 0. The maximum atomic E-state index is 10.7. The van der Waals surface area contributed by atoms with Crippen LogP contribution in [0.2, 0.25) is 0 Å². The summed E-state index contributed by atoms with van der Waals surface area (Å²) < 4.78 is 0.455. The van der Waals surface area contributed by atoms with Gasteiger partial charge in [-0.15, -0.1) is 12.4 Å². The summed E-state index contributed by atoms with van der Waals surface area (Å²) in [5.41, 5.74) is 11.9. The van der Waals surface area contributed by atoms with Crippen LogP contribution in [0.1, 0.15) is 18.0 Å². The highest BCUT2D eigenvalue weighted by Gasteiger charge is 2.14. The molecule has 1 aromatic carbocycles. The van der Waals surface area contributed by atoms with Gasteiger partial charge in [0.05, 0.1) is 9.40 Å². The van der Waals surface area contributed by atoms with E-state index in [0.29, 0.717) is 17.4 Å². The van der Waals surface area contributed by atoms with Gasteiger partial charge in [0, 0.05) is 12.1 Å². The number of nitro benzene ring substituents is 1. The number of rotatable bonds is 4. The third kappa shape index (κ3) is 3.71. The van der Waals surface area contributed by atoms with E-state index in [-0.39, 0.29) is 24.1 Å². The van der Waals surface area contributed by atoms with Gasteiger partial charge in [-0.2, -0.15) is 0 Å². The molecule has 0 saturated carbocycles. The average molecular weight is 311 g/mol. The Bertz CT molecular complexity index is 376. The molecule has 0 unspecified atom stereocenters. The van der Waals surface area contributed by atoms with Crippen LogP contribution in [0.4, 0.5) is 5.69 Å². The summed E-state index contributed by atoms with van der Waals surface area (Å²) in [6.07, 6.45) is 0.610. The predicted molar refractivity (Wildman–Crippen MR) is 68.6 cm³/mol. The van der Waals surface area contributed by atoms with E-state index >= 15 is 0 Å². The minimum Gasteiger partial charge on any atom is -0.330 e. The molecule has 0 aliphatic carbocycles. The molecular weight excluding hydrogens is 297 g/mol. The van der Waals surface area contributed by atoms with E-state index in [2.05, 4.69) is 15.9 Å². The molecule has 0 fully saturated rings. The number of halogens is 2. The standard InChI is InChI=1S/C9H12BrN3O2.ClH/c10-7-2-1-6(8(12)3-4-11)5-9(7)13(14)15;/h1-2,5,8H,3-4,11-12H2;1H/t8-;/m0./s1. The normalized spacial score (nSPS) is 11.7. The van der Waals surface area contributed by atoms with Gasteiger partial charge in [0.25, 0.3) is 5.69 Å². The molecule has 90 valence electrons. The fraction of sp³-hybridized carbons (Fsp3) is 0.333. The SMILES string of the molecule is Cl.NCC[C@H](N)c1ccc(Br)c([N+](=O)[O-])c1. The van der Waals surface area contributed by atoms with Crippen molar-refractivity contribution in [3.05, 3.63) is 38.3 Å². The third-order valence-electron chi connectivity index (χ3n) is 2.07. The lowest BCUT2D eigenvalue weighted by molar-refractivity contribution is -0.385. The fourth-order valence-electron chi connectivity index (χ4n) is 1.25. The molecule has 0 aromatic heterocycles. The van der Waals surface area contributed by atoms with Crippen LogP contribution in [-0.4, -0.2) is 11.5 Å². The topological polar surface area (TPSA) is 95.2 Å². The molecule has 0 aliphatic heterocycles. The van der Waals surface area contributed by atoms with Crippen LogP contribution >= 0.6 is 28.3 Å². The van der Waals surface area contributed by atoms with Crippen LogP contribution in [0.15, 0.2) is 22.7 Å². The van der Waals surface area contributed by atoms with E-state index in [1.165, 1.54) is 6.07 Å². The molecule has 0 spiro atoms. The average Bonchev–Trinajstić information content (AvgIpc) is 2.18. The number of nitro groups is 1. The van der Waals surface area contributed by atoms with Crippen LogP contribution in [0, 0.1) is 10.1 Å². The molecule has 7 heteroatoms. The van der Waals surface area contributed by atoms with E-state index in [0.717, 1.165) is 5.56 Å². The van der Waals surface area contributed by atoms with Gasteiger partial charge in [-0.3, -0.25) is 10.1 Å². The largest absolute Gasteiger partial charge is 0.330 e. The number of nitrogens with two attached hydrogens (primary N) is 2. The van der Waals surface area contributed by atoms with E-state index in [1.807, 2.05) is 0 Å². The molecule has 0 radical (unpaired) electrons. The first kappa shape index (κ1) is 15.3. The fourth-order valence-corrected chi connectivity index (χ4v) is 1.64. The second-order valence-corrected chi connectivity index (χ2v) is 4.01. The number of benzene rings is 1. The van der Waals surface area contributed by atoms with Crippen molar-refractivity contribution in [3.8, 4) is 0 Å². The van der Waals surface area contributed by atoms with E-state index in [1.54, 1.807) is 12.1 Å².